The highest BCUT2D eigenvalue weighted by molar-refractivity contribution is 6.31. The van der Waals surface area contributed by atoms with Crippen LogP contribution in [0.25, 0.3) is 6.08 Å². The number of methoxy groups -OCH3 is 1. The molecule has 0 atom stereocenters. The number of rotatable bonds is 10. The first-order valence-corrected chi connectivity index (χ1v) is 10.7. The molecule has 172 valence electrons. The zero-order valence-electron chi connectivity index (χ0n) is 18.6. The molecule has 0 saturated heterocycles. The van der Waals surface area contributed by atoms with Gasteiger partial charge in [0.1, 0.15) is 30.6 Å². The van der Waals surface area contributed by atoms with Crippen LogP contribution in [0.4, 0.5) is 5.69 Å². The van der Waals surface area contributed by atoms with Crippen LogP contribution in [0, 0.1) is 11.3 Å². The van der Waals surface area contributed by atoms with Gasteiger partial charge >= 0.3 is 0 Å². The van der Waals surface area contributed by atoms with E-state index in [0.717, 1.165) is 5.56 Å². The van der Waals surface area contributed by atoms with Gasteiger partial charge in [0.25, 0.3) is 5.91 Å². The number of carbonyl (C=O) groups is 1. The zero-order chi connectivity index (χ0) is 24.3. The minimum atomic E-state index is -0.529. The van der Waals surface area contributed by atoms with Gasteiger partial charge in [0.2, 0.25) is 0 Å². The average molecular weight is 475 g/mol. The molecule has 7 heteroatoms. The van der Waals surface area contributed by atoms with E-state index in [9.17, 15) is 10.1 Å². The van der Waals surface area contributed by atoms with Crippen LogP contribution in [0.5, 0.6) is 17.2 Å². The Morgan fingerprint density at radius 3 is 2.53 bits per heavy atom. The summed E-state index contributed by atoms with van der Waals surface area (Å²) in [6.45, 7) is 4.28. The molecule has 1 N–H and O–H groups in total. The highest BCUT2D eigenvalue weighted by Gasteiger charge is 2.11. The van der Waals surface area contributed by atoms with Crippen molar-refractivity contribution in [2.75, 3.05) is 19.0 Å². The first-order chi connectivity index (χ1) is 16.5. The van der Waals surface area contributed by atoms with Crippen molar-refractivity contribution in [2.24, 2.45) is 0 Å². The molecule has 0 spiro atoms. The lowest BCUT2D eigenvalue weighted by Gasteiger charge is -2.10. The number of nitriles is 1. The van der Waals surface area contributed by atoms with Crippen LogP contribution in [0.1, 0.15) is 11.1 Å². The highest BCUT2D eigenvalue weighted by Crippen LogP contribution is 2.29. The van der Waals surface area contributed by atoms with E-state index in [-0.39, 0.29) is 5.57 Å². The molecule has 3 aromatic carbocycles. The fourth-order valence-electron chi connectivity index (χ4n) is 2.97. The summed E-state index contributed by atoms with van der Waals surface area (Å²) in [6.07, 6.45) is 3.11. The van der Waals surface area contributed by atoms with E-state index in [4.69, 9.17) is 25.8 Å². The largest absolute Gasteiger partial charge is 0.493 e. The predicted octanol–water partition coefficient (Wildman–Crippen LogP) is 6.04. The Balaban J connectivity index is 1.65. The monoisotopic (exact) mass is 474 g/mol. The van der Waals surface area contributed by atoms with Gasteiger partial charge in [0.05, 0.1) is 7.11 Å². The number of hydrogen-bond donors (Lipinski definition) is 1. The van der Waals surface area contributed by atoms with Crippen molar-refractivity contribution in [1.82, 2.24) is 0 Å². The maximum absolute atomic E-state index is 12.6. The van der Waals surface area contributed by atoms with Crippen molar-refractivity contribution in [1.29, 1.82) is 5.26 Å². The summed E-state index contributed by atoms with van der Waals surface area (Å²) in [5, 5.41) is 12.9. The van der Waals surface area contributed by atoms with Crippen molar-refractivity contribution >= 4 is 29.3 Å². The minimum Gasteiger partial charge on any atom is -0.493 e. The third kappa shape index (κ3) is 6.64. The van der Waals surface area contributed by atoms with Gasteiger partial charge in [-0.05, 0) is 54.1 Å². The van der Waals surface area contributed by atoms with Gasteiger partial charge in [-0.25, -0.2) is 0 Å². The molecule has 34 heavy (non-hydrogen) atoms. The number of ether oxygens (including phenoxy) is 3. The highest BCUT2D eigenvalue weighted by atomic mass is 35.5. The fraction of sp³-hybridized carbons (Fsp3) is 0.111. The molecule has 0 aliphatic rings. The molecule has 0 bridgehead atoms. The minimum absolute atomic E-state index is 0.0548. The van der Waals surface area contributed by atoms with E-state index in [2.05, 4.69) is 11.9 Å². The van der Waals surface area contributed by atoms with E-state index in [0.29, 0.717) is 46.7 Å². The van der Waals surface area contributed by atoms with Crippen molar-refractivity contribution in [2.45, 2.75) is 6.61 Å². The van der Waals surface area contributed by atoms with Crippen molar-refractivity contribution < 1.29 is 19.0 Å². The molecule has 0 aromatic heterocycles. The first-order valence-electron chi connectivity index (χ1n) is 10.3. The quantitative estimate of drug-likeness (QED) is 0.220. The number of carbonyl (C=O) groups excluding carboxylic acids is 1. The van der Waals surface area contributed by atoms with Crippen molar-refractivity contribution in [3.05, 3.63) is 101 Å². The first kappa shape index (κ1) is 24.4. The Morgan fingerprint density at radius 2 is 1.85 bits per heavy atom. The standard InChI is InChI=1S/C27H23ClN2O4/c1-3-14-33-25-13-8-19(16-26(25)32-2)15-21(17-29)27(31)30-22-9-11-23(12-10-22)34-18-20-6-4-5-7-24(20)28/h3-13,15-16H,1,14,18H2,2H3,(H,30,31)/b21-15+. The summed E-state index contributed by atoms with van der Waals surface area (Å²) < 4.78 is 16.6. The lowest BCUT2D eigenvalue weighted by atomic mass is 10.1. The van der Waals surface area contributed by atoms with Crippen LogP contribution in [-0.4, -0.2) is 19.6 Å². The second-order valence-corrected chi connectivity index (χ2v) is 7.45. The maximum atomic E-state index is 12.6. The lowest BCUT2D eigenvalue weighted by molar-refractivity contribution is -0.112. The maximum Gasteiger partial charge on any atom is 0.266 e. The topological polar surface area (TPSA) is 80.6 Å². The molecular formula is C27H23ClN2O4. The van der Waals surface area contributed by atoms with Gasteiger partial charge in [-0.2, -0.15) is 5.26 Å². The number of halogens is 1. The Hall–Kier alpha value is -4.21. The molecule has 0 radical (unpaired) electrons. The van der Waals surface area contributed by atoms with Crippen LogP contribution in [-0.2, 0) is 11.4 Å². The van der Waals surface area contributed by atoms with E-state index < -0.39 is 5.91 Å². The van der Waals surface area contributed by atoms with Gasteiger partial charge in [0, 0.05) is 16.3 Å². The molecule has 0 heterocycles. The molecule has 6 nitrogen and oxygen atoms in total. The number of nitrogens with one attached hydrogen (secondary N) is 1. The van der Waals surface area contributed by atoms with Gasteiger partial charge < -0.3 is 19.5 Å². The normalized spacial score (nSPS) is 10.7. The number of amides is 1. The summed E-state index contributed by atoms with van der Waals surface area (Å²) in [5.41, 5.74) is 1.97. The summed E-state index contributed by atoms with van der Waals surface area (Å²) in [4.78, 5) is 12.6. The molecule has 0 aliphatic carbocycles. The van der Waals surface area contributed by atoms with Gasteiger partial charge in [-0.3, -0.25) is 4.79 Å². The third-order valence-electron chi connectivity index (χ3n) is 4.68. The SMILES string of the molecule is C=CCOc1ccc(/C=C(\C#N)C(=O)Nc2ccc(OCc3ccccc3Cl)cc2)cc1OC. The number of benzene rings is 3. The number of nitrogens with zero attached hydrogens (tertiary/aromatic N) is 1. The van der Waals surface area contributed by atoms with Gasteiger partial charge in [-0.1, -0.05) is 48.5 Å². The van der Waals surface area contributed by atoms with Gasteiger partial charge in [0.15, 0.2) is 11.5 Å². The Labute approximate surface area is 203 Å². The Kier molecular flexibility index (Phi) is 8.73. The molecule has 0 aliphatic heterocycles. The number of anilines is 1. The molecule has 3 aromatic rings. The smallest absolute Gasteiger partial charge is 0.266 e. The summed E-state index contributed by atoms with van der Waals surface area (Å²) in [7, 11) is 1.52. The fourth-order valence-corrected chi connectivity index (χ4v) is 3.16. The number of hydrogen-bond acceptors (Lipinski definition) is 5. The van der Waals surface area contributed by atoms with E-state index >= 15 is 0 Å². The molecule has 0 unspecified atom stereocenters. The summed E-state index contributed by atoms with van der Waals surface area (Å²) >= 11 is 6.14. The van der Waals surface area contributed by atoms with Crippen LogP contribution in [0.3, 0.4) is 0 Å². The molecule has 1 amide bonds. The molecule has 3 rings (SSSR count). The van der Waals surface area contributed by atoms with E-state index in [1.165, 1.54) is 13.2 Å². The van der Waals surface area contributed by atoms with Crippen molar-refractivity contribution in [3.63, 3.8) is 0 Å². The van der Waals surface area contributed by atoms with Crippen LogP contribution < -0.4 is 19.5 Å². The molecular weight excluding hydrogens is 452 g/mol. The van der Waals surface area contributed by atoms with Crippen molar-refractivity contribution in [3.8, 4) is 23.3 Å². The molecule has 0 saturated carbocycles. The summed E-state index contributed by atoms with van der Waals surface area (Å²) in [5.74, 6) is 1.12. The summed E-state index contributed by atoms with van der Waals surface area (Å²) in [6, 6.07) is 21.4. The average Bonchev–Trinajstić information content (AvgIpc) is 2.86. The second-order valence-electron chi connectivity index (χ2n) is 7.04. The predicted molar refractivity (Wildman–Crippen MR) is 133 cm³/mol. The third-order valence-corrected chi connectivity index (χ3v) is 5.05. The second kappa shape index (κ2) is 12.1. The van der Waals surface area contributed by atoms with E-state index in [1.807, 2.05) is 24.3 Å². The lowest BCUT2D eigenvalue weighted by Crippen LogP contribution is -2.13. The van der Waals surface area contributed by atoms with Crippen LogP contribution in [0.15, 0.2) is 85.0 Å². The van der Waals surface area contributed by atoms with E-state index in [1.54, 1.807) is 54.6 Å². The van der Waals surface area contributed by atoms with Crippen LogP contribution in [0.2, 0.25) is 5.02 Å². The van der Waals surface area contributed by atoms with Gasteiger partial charge in [-0.15, -0.1) is 0 Å². The zero-order valence-corrected chi connectivity index (χ0v) is 19.3. The Bertz CT molecular complexity index is 1230. The Morgan fingerprint density at radius 1 is 1.09 bits per heavy atom. The molecule has 0 fully saturated rings. The van der Waals surface area contributed by atoms with Crippen LogP contribution >= 0.6 is 11.6 Å².